The Morgan fingerprint density at radius 2 is 1.88 bits per heavy atom. The van der Waals surface area contributed by atoms with E-state index in [1.165, 1.54) is 35.0 Å². The van der Waals surface area contributed by atoms with Crippen molar-refractivity contribution in [1.29, 1.82) is 0 Å². The summed E-state index contributed by atoms with van der Waals surface area (Å²) in [5, 5.41) is 15.9. The van der Waals surface area contributed by atoms with Crippen LogP contribution in [0.2, 0.25) is 0 Å². The van der Waals surface area contributed by atoms with Crippen LogP contribution in [0.25, 0.3) is 5.69 Å². The standard InChI is InChI=1S/C18H22FN3O3/c1-18(2,3)10-8-15(17(24)25)20-16(23)14-9-11-22(21-14)13-6-4-12(19)5-7-13/h4-7,9,11,15H,8,10H2,1-3H3,(H,20,23)(H,24,25). The number of hydrogen-bond acceptors (Lipinski definition) is 3. The second-order valence-corrected chi connectivity index (χ2v) is 7.09. The van der Waals surface area contributed by atoms with Crippen molar-refractivity contribution in [1.82, 2.24) is 15.1 Å². The van der Waals surface area contributed by atoms with E-state index in [9.17, 15) is 19.1 Å². The molecule has 1 unspecified atom stereocenters. The quantitative estimate of drug-likeness (QED) is 0.841. The summed E-state index contributed by atoms with van der Waals surface area (Å²) in [5.41, 5.74) is 0.678. The lowest BCUT2D eigenvalue weighted by Crippen LogP contribution is -2.41. The van der Waals surface area contributed by atoms with Gasteiger partial charge in [0.1, 0.15) is 11.9 Å². The maximum Gasteiger partial charge on any atom is 0.326 e. The lowest BCUT2D eigenvalue weighted by Gasteiger charge is -2.21. The summed E-state index contributed by atoms with van der Waals surface area (Å²) in [5.74, 6) is -1.99. The number of nitrogens with one attached hydrogen (secondary N) is 1. The molecule has 6 nitrogen and oxygen atoms in total. The van der Waals surface area contributed by atoms with E-state index in [2.05, 4.69) is 10.4 Å². The minimum Gasteiger partial charge on any atom is -0.480 e. The first-order chi connectivity index (χ1) is 11.7. The highest BCUT2D eigenvalue weighted by Crippen LogP contribution is 2.21. The largest absolute Gasteiger partial charge is 0.480 e. The second-order valence-electron chi connectivity index (χ2n) is 7.09. The topological polar surface area (TPSA) is 84.2 Å². The van der Waals surface area contributed by atoms with E-state index in [1.54, 1.807) is 6.20 Å². The summed E-state index contributed by atoms with van der Waals surface area (Å²) >= 11 is 0. The lowest BCUT2D eigenvalue weighted by molar-refractivity contribution is -0.139. The monoisotopic (exact) mass is 347 g/mol. The van der Waals surface area contributed by atoms with Crippen molar-refractivity contribution in [2.45, 2.75) is 39.7 Å². The molecule has 0 spiro atoms. The number of benzene rings is 1. The van der Waals surface area contributed by atoms with Gasteiger partial charge >= 0.3 is 5.97 Å². The molecule has 0 aliphatic heterocycles. The van der Waals surface area contributed by atoms with Crippen molar-refractivity contribution >= 4 is 11.9 Å². The fourth-order valence-electron chi connectivity index (χ4n) is 2.25. The van der Waals surface area contributed by atoms with Crippen LogP contribution in [0.15, 0.2) is 36.5 Å². The van der Waals surface area contributed by atoms with Gasteiger partial charge in [-0.15, -0.1) is 0 Å². The third-order valence-corrected chi connectivity index (χ3v) is 3.70. The second kappa shape index (κ2) is 7.46. The van der Waals surface area contributed by atoms with E-state index in [-0.39, 0.29) is 16.9 Å². The van der Waals surface area contributed by atoms with Gasteiger partial charge in [-0.3, -0.25) is 4.79 Å². The zero-order valence-electron chi connectivity index (χ0n) is 14.5. The molecule has 0 radical (unpaired) electrons. The van der Waals surface area contributed by atoms with Crippen LogP contribution in [0.1, 0.15) is 44.1 Å². The number of nitrogens with zero attached hydrogens (tertiary/aromatic N) is 2. The average Bonchev–Trinajstić information content (AvgIpc) is 3.00. The van der Waals surface area contributed by atoms with Crippen LogP contribution in [0.4, 0.5) is 4.39 Å². The summed E-state index contributed by atoms with van der Waals surface area (Å²) in [7, 11) is 0. The molecule has 0 saturated carbocycles. The highest BCUT2D eigenvalue weighted by Gasteiger charge is 2.24. The Labute approximate surface area is 145 Å². The molecule has 2 N–H and O–H groups in total. The Morgan fingerprint density at radius 3 is 2.44 bits per heavy atom. The first kappa shape index (κ1) is 18.6. The Hall–Kier alpha value is -2.70. The minimum atomic E-state index is -1.07. The van der Waals surface area contributed by atoms with Crippen LogP contribution in [0.5, 0.6) is 0 Å². The Kier molecular flexibility index (Phi) is 5.56. The van der Waals surface area contributed by atoms with E-state index in [0.29, 0.717) is 18.5 Å². The van der Waals surface area contributed by atoms with Gasteiger partial charge in [0, 0.05) is 6.20 Å². The fourth-order valence-corrected chi connectivity index (χ4v) is 2.25. The highest BCUT2D eigenvalue weighted by molar-refractivity contribution is 5.94. The maximum atomic E-state index is 13.0. The molecule has 1 amide bonds. The average molecular weight is 347 g/mol. The molecule has 0 aliphatic carbocycles. The Bertz CT molecular complexity index is 748. The molecular weight excluding hydrogens is 325 g/mol. The van der Waals surface area contributed by atoms with Gasteiger partial charge in [-0.2, -0.15) is 5.10 Å². The molecule has 1 aromatic heterocycles. The lowest BCUT2D eigenvalue weighted by atomic mass is 9.88. The van der Waals surface area contributed by atoms with Crippen LogP contribution < -0.4 is 5.32 Å². The molecule has 1 atom stereocenters. The molecule has 0 bridgehead atoms. The zero-order chi connectivity index (χ0) is 18.6. The van der Waals surface area contributed by atoms with Crippen molar-refractivity contribution in [2.75, 3.05) is 0 Å². The summed E-state index contributed by atoms with van der Waals surface area (Å²) in [6.07, 6.45) is 2.56. The van der Waals surface area contributed by atoms with Gasteiger partial charge in [0.2, 0.25) is 0 Å². The van der Waals surface area contributed by atoms with E-state index in [1.807, 2.05) is 20.8 Å². The molecule has 2 aromatic rings. The number of hydrogen-bond donors (Lipinski definition) is 2. The number of carbonyl (C=O) groups excluding carboxylic acids is 1. The zero-order valence-corrected chi connectivity index (χ0v) is 14.5. The first-order valence-corrected chi connectivity index (χ1v) is 8.01. The Morgan fingerprint density at radius 1 is 1.24 bits per heavy atom. The third kappa shape index (κ3) is 5.41. The number of carbonyl (C=O) groups is 2. The summed E-state index contributed by atoms with van der Waals surface area (Å²) in [6.45, 7) is 6.04. The van der Waals surface area contributed by atoms with E-state index in [0.717, 1.165) is 0 Å². The van der Waals surface area contributed by atoms with Crippen LogP contribution in [0.3, 0.4) is 0 Å². The molecule has 7 heteroatoms. The predicted molar refractivity (Wildman–Crippen MR) is 91.1 cm³/mol. The van der Waals surface area contributed by atoms with E-state index < -0.39 is 17.9 Å². The van der Waals surface area contributed by atoms with Crippen molar-refractivity contribution < 1.29 is 19.1 Å². The normalized spacial score (nSPS) is 12.6. The van der Waals surface area contributed by atoms with Gasteiger partial charge < -0.3 is 10.4 Å². The number of halogens is 1. The first-order valence-electron chi connectivity index (χ1n) is 8.01. The number of carboxylic acid groups (broad SMARTS) is 1. The smallest absolute Gasteiger partial charge is 0.326 e. The number of amides is 1. The molecule has 134 valence electrons. The molecule has 1 heterocycles. The van der Waals surface area contributed by atoms with Gasteiger partial charge in [0.25, 0.3) is 5.91 Å². The number of rotatable bonds is 6. The molecule has 2 rings (SSSR count). The van der Waals surface area contributed by atoms with E-state index >= 15 is 0 Å². The van der Waals surface area contributed by atoms with Crippen LogP contribution >= 0.6 is 0 Å². The maximum absolute atomic E-state index is 13.0. The van der Waals surface area contributed by atoms with Crippen molar-refractivity contribution in [3.05, 3.63) is 48.0 Å². The SMILES string of the molecule is CC(C)(C)CCC(NC(=O)c1ccn(-c2ccc(F)cc2)n1)C(=O)O. The third-order valence-electron chi connectivity index (χ3n) is 3.70. The predicted octanol–water partition coefficient (Wildman–Crippen LogP) is 3.02. The van der Waals surface area contributed by atoms with Gasteiger partial charge in [-0.25, -0.2) is 13.9 Å². The van der Waals surface area contributed by atoms with Crippen molar-refractivity contribution in [2.24, 2.45) is 5.41 Å². The van der Waals surface area contributed by atoms with Crippen molar-refractivity contribution in [3.63, 3.8) is 0 Å². The van der Waals surface area contributed by atoms with Gasteiger partial charge in [0.15, 0.2) is 5.69 Å². The molecule has 0 fully saturated rings. The summed E-state index contributed by atoms with van der Waals surface area (Å²) in [6, 6.07) is 6.18. The summed E-state index contributed by atoms with van der Waals surface area (Å²) in [4.78, 5) is 23.6. The summed E-state index contributed by atoms with van der Waals surface area (Å²) < 4.78 is 14.4. The fraction of sp³-hybridized carbons (Fsp3) is 0.389. The van der Waals surface area contributed by atoms with Crippen molar-refractivity contribution in [3.8, 4) is 5.69 Å². The number of carboxylic acids is 1. The molecular formula is C18H22FN3O3. The van der Waals surface area contributed by atoms with Crippen LogP contribution in [-0.4, -0.2) is 32.8 Å². The highest BCUT2D eigenvalue weighted by atomic mass is 19.1. The van der Waals surface area contributed by atoms with Crippen LogP contribution in [0, 0.1) is 11.2 Å². The molecule has 0 saturated heterocycles. The number of aromatic nitrogens is 2. The Balaban J connectivity index is 2.06. The molecule has 1 aromatic carbocycles. The number of aliphatic carboxylic acids is 1. The van der Waals surface area contributed by atoms with Crippen LogP contribution in [-0.2, 0) is 4.79 Å². The van der Waals surface area contributed by atoms with Gasteiger partial charge in [-0.05, 0) is 48.6 Å². The van der Waals surface area contributed by atoms with Gasteiger partial charge in [0.05, 0.1) is 5.69 Å². The van der Waals surface area contributed by atoms with Gasteiger partial charge in [-0.1, -0.05) is 20.8 Å². The minimum absolute atomic E-state index is 0.0252. The molecule has 0 aliphatic rings. The van der Waals surface area contributed by atoms with E-state index in [4.69, 9.17) is 0 Å². The molecule has 25 heavy (non-hydrogen) atoms.